The molecule has 0 amide bonds. The van der Waals surface area contributed by atoms with Crippen LogP contribution in [0.3, 0.4) is 0 Å². The summed E-state index contributed by atoms with van der Waals surface area (Å²) in [6.07, 6.45) is 3.41. The molecular weight excluding hydrogens is 465 g/mol. The first kappa shape index (κ1) is 24.8. The molecule has 0 fully saturated rings. The van der Waals surface area contributed by atoms with Crippen molar-refractivity contribution < 1.29 is 13.9 Å². The van der Waals surface area contributed by atoms with E-state index in [2.05, 4.69) is 15.0 Å². The van der Waals surface area contributed by atoms with Crippen LogP contribution in [0.2, 0.25) is 0 Å². The molecule has 1 atom stereocenters. The number of rotatable bonds is 7. The minimum atomic E-state index is -1.37. The van der Waals surface area contributed by atoms with Crippen LogP contribution in [-0.4, -0.2) is 39.1 Å². The van der Waals surface area contributed by atoms with Gasteiger partial charge < -0.3 is 15.0 Å². The van der Waals surface area contributed by atoms with Gasteiger partial charge in [-0.15, -0.1) is 23.7 Å². The molecule has 0 bridgehead atoms. The normalized spacial score (nSPS) is 13.0. The number of thiophene rings is 1. The Bertz CT molecular complexity index is 1260. The number of hydrogen-bond donors (Lipinski definition) is 1. The van der Waals surface area contributed by atoms with Gasteiger partial charge in [0, 0.05) is 35.0 Å². The molecule has 10 heteroatoms. The molecule has 0 radical (unpaired) electrons. The molecule has 0 saturated carbocycles. The molecule has 3 heterocycles. The van der Waals surface area contributed by atoms with Gasteiger partial charge >= 0.3 is 5.97 Å². The van der Waals surface area contributed by atoms with E-state index >= 15 is 4.39 Å². The van der Waals surface area contributed by atoms with Gasteiger partial charge in [0.15, 0.2) is 5.65 Å². The van der Waals surface area contributed by atoms with Crippen molar-refractivity contribution in [3.05, 3.63) is 64.6 Å². The molecule has 1 unspecified atom stereocenters. The van der Waals surface area contributed by atoms with Gasteiger partial charge in [-0.05, 0) is 43.5 Å². The van der Waals surface area contributed by atoms with Crippen molar-refractivity contribution in [2.75, 3.05) is 13.7 Å². The number of carbonyl (C=O) groups excluding carboxylic acids is 1. The monoisotopic (exact) mass is 489 g/mol. The number of fused-ring (bicyclic) bond motifs is 1. The standard InChI is InChI=1S/C23H24FN5O2S.ClH/c1-14(2)29-13-28-20-19(26-12-27-21(20)29)15-6-7-18(24)17(9-15)23(11-25,22(30)31-3)10-16-5-4-8-32-16;/h4-9,12-14H,10-11,25H2,1-3H3;1H. The van der Waals surface area contributed by atoms with E-state index in [0.717, 1.165) is 4.88 Å². The van der Waals surface area contributed by atoms with E-state index in [9.17, 15) is 4.79 Å². The van der Waals surface area contributed by atoms with Crippen LogP contribution in [0.1, 0.15) is 30.3 Å². The number of halogens is 2. The number of imidazole rings is 1. The van der Waals surface area contributed by atoms with Crippen molar-refractivity contribution in [3.63, 3.8) is 0 Å². The Kier molecular flexibility index (Phi) is 7.46. The third kappa shape index (κ3) is 4.36. The lowest BCUT2D eigenvalue weighted by atomic mass is 9.76. The van der Waals surface area contributed by atoms with E-state index in [0.29, 0.717) is 22.4 Å². The molecular formula is C23H25ClFN5O2S. The van der Waals surface area contributed by atoms with Gasteiger partial charge in [0.1, 0.15) is 28.8 Å². The van der Waals surface area contributed by atoms with E-state index in [1.54, 1.807) is 18.5 Å². The number of ether oxygens (including phenoxy) is 1. The maximum absolute atomic E-state index is 15.2. The summed E-state index contributed by atoms with van der Waals surface area (Å²) in [5, 5.41) is 1.91. The largest absolute Gasteiger partial charge is 0.468 e. The average molecular weight is 490 g/mol. The van der Waals surface area contributed by atoms with Crippen molar-refractivity contribution >= 4 is 40.9 Å². The summed E-state index contributed by atoms with van der Waals surface area (Å²) in [4.78, 5) is 27.2. The number of methoxy groups -OCH3 is 1. The number of nitrogens with zero attached hydrogens (tertiary/aromatic N) is 4. The number of nitrogens with two attached hydrogens (primary N) is 1. The van der Waals surface area contributed by atoms with Gasteiger partial charge in [-0.2, -0.15) is 0 Å². The quantitative estimate of drug-likeness (QED) is 0.389. The molecule has 4 rings (SSSR count). The Balaban J connectivity index is 0.00000306. The maximum Gasteiger partial charge on any atom is 0.318 e. The predicted molar refractivity (Wildman–Crippen MR) is 129 cm³/mol. The zero-order chi connectivity index (χ0) is 22.9. The van der Waals surface area contributed by atoms with E-state index in [1.807, 2.05) is 35.9 Å². The SMILES string of the molecule is COC(=O)C(CN)(Cc1cccs1)c1cc(-c2ncnc3c2ncn3C(C)C)ccc1F.Cl. The highest BCUT2D eigenvalue weighted by atomic mass is 35.5. The lowest BCUT2D eigenvalue weighted by molar-refractivity contribution is -0.147. The second-order valence-corrected chi connectivity index (χ2v) is 8.90. The fraction of sp³-hybridized carbons (Fsp3) is 0.304. The highest BCUT2D eigenvalue weighted by molar-refractivity contribution is 7.09. The number of benzene rings is 1. The minimum Gasteiger partial charge on any atom is -0.468 e. The van der Waals surface area contributed by atoms with Crippen LogP contribution >= 0.6 is 23.7 Å². The minimum absolute atomic E-state index is 0. The van der Waals surface area contributed by atoms with Gasteiger partial charge in [0.05, 0.1) is 13.4 Å². The number of esters is 1. The van der Waals surface area contributed by atoms with Gasteiger partial charge in [-0.25, -0.2) is 19.3 Å². The van der Waals surface area contributed by atoms with Crippen molar-refractivity contribution in [2.45, 2.75) is 31.7 Å². The first-order chi connectivity index (χ1) is 15.4. The van der Waals surface area contributed by atoms with Gasteiger partial charge in [0.2, 0.25) is 0 Å². The van der Waals surface area contributed by atoms with Gasteiger partial charge in [-0.1, -0.05) is 6.07 Å². The number of carbonyl (C=O) groups is 1. The second-order valence-electron chi connectivity index (χ2n) is 7.87. The van der Waals surface area contributed by atoms with E-state index in [1.165, 1.54) is 30.8 Å². The second kappa shape index (κ2) is 9.94. The number of aromatic nitrogens is 4. The Labute approximate surface area is 201 Å². The molecule has 0 saturated heterocycles. The smallest absolute Gasteiger partial charge is 0.318 e. The summed E-state index contributed by atoms with van der Waals surface area (Å²) in [5.41, 5.74) is 7.39. The Morgan fingerprint density at radius 3 is 2.70 bits per heavy atom. The molecule has 4 aromatic rings. The number of hydrogen-bond acceptors (Lipinski definition) is 7. The van der Waals surface area contributed by atoms with Crippen LogP contribution in [-0.2, 0) is 21.4 Å². The molecule has 2 N–H and O–H groups in total. The van der Waals surface area contributed by atoms with Gasteiger partial charge in [-0.3, -0.25) is 4.79 Å². The molecule has 0 aliphatic rings. The first-order valence-corrected chi connectivity index (χ1v) is 11.1. The van der Waals surface area contributed by atoms with E-state index < -0.39 is 17.2 Å². The predicted octanol–water partition coefficient (Wildman–Crippen LogP) is 4.31. The van der Waals surface area contributed by atoms with E-state index in [4.69, 9.17) is 10.5 Å². The molecule has 33 heavy (non-hydrogen) atoms. The highest BCUT2D eigenvalue weighted by Gasteiger charge is 2.43. The fourth-order valence-electron chi connectivity index (χ4n) is 3.93. The zero-order valence-electron chi connectivity index (χ0n) is 18.5. The maximum atomic E-state index is 15.2. The van der Waals surface area contributed by atoms with E-state index in [-0.39, 0.29) is 37.0 Å². The topological polar surface area (TPSA) is 95.9 Å². The highest BCUT2D eigenvalue weighted by Crippen LogP contribution is 2.36. The van der Waals surface area contributed by atoms with Crippen LogP contribution in [0.5, 0.6) is 0 Å². The van der Waals surface area contributed by atoms with Crippen LogP contribution in [0.4, 0.5) is 4.39 Å². The third-order valence-corrected chi connectivity index (χ3v) is 6.53. The summed E-state index contributed by atoms with van der Waals surface area (Å²) in [6, 6.07) is 8.53. The third-order valence-electron chi connectivity index (χ3n) is 5.65. The average Bonchev–Trinajstić information content (AvgIpc) is 3.47. The lowest BCUT2D eigenvalue weighted by Crippen LogP contribution is -2.46. The molecule has 3 aromatic heterocycles. The molecule has 0 spiro atoms. The Morgan fingerprint density at radius 2 is 2.06 bits per heavy atom. The summed E-state index contributed by atoms with van der Waals surface area (Å²) >= 11 is 1.48. The lowest BCUT2D eigenvalue weighted by Gasteiger charge is -2.30. The van der Waals surface area contributed by atoms with Gasteiger partial charge in [0.25, 0.3) is 0 Å². The van der Waals surface area contributed by atoms with Crippen molar-refractivity contribution in [2.24, 2.45) is 5.73 Å². The summed E-state index contributed by atoms with van der Waals surface area (Å²) in [7, 11) is 1.29. The van der Waals surface area contributed by atoms with Crippen molar-refractivity contribution in [1.29, 1.82) is 0 Å². The molecule has 7 nitrogen and oxygen atoms in total. The summed E-state index contributed by atoms with van der Waals surface area (Å²) in [5.74, 6) is -1.11. The molecule has 174 valence electrons. The van der Waals surface area contributed by atoms with Crippen molar-refractivity contribution in [1.82, 2.24) is 19.5 Å². The Morgan fingerprint density at radius 1 is 1.27 bits per heavy atom. The fourth-order valence-corrected chi connectivity index (χ4v) is 4.75. The van der Waals surface area contributed by atoms with Crippen LogP contribution in [0.25, 0.3) is 22.4 Å². The van der Waals surface area contributed by atoms with Crippen molar-refractivity contribution in [3.8, 4) is 11.3 Å². The van der Waals surface area contributed by atoms with Crippen LogP contribution < -0.4 is 5.73 Å². The molecule has 0 aliphatic carbocycles. The van der Waals surface area contributed by atoms with Crippen LogP contribution in [0.15, 0.2) is 48.4 Å². The first-order valence-electron chi connectivity index (χ1n) is 10.2. The molecule has 0 aliphatic heterocycles. The zero-order valence-corrected chi connectivity index (χ0v) is 20.1. The Hall–Kier alpha value is -2.88. The summed E-state index contributed by atoms with van der Waals surface area (Å²) in [6.45, 7) is 3.96. The van der Waals surface area contributed by atoms with Crippen LogP contribution in [0, 0.1) is 5.82 Å². The molecule has 1 aromatic carbocycles. The summed E-state index contributed by atoms with van der Waals surface area (Å²) < 4.78 is 22.2.